The lowest BCUT2D eigenvalue weighted by atomic mass is 9.96. The van der Waals surface area contributed by atoms with Crippen LogP contribution in [0.5, 0.6) is 0 Å². The van der Waals surface area contributed by atoms with Crippen molar-refractivity contribution >= 4 is 33.2 Å². The van der Waals surface area contributed by atoms with Crippen LogP contribution in [-0.4, -0.2) is 111 Å². The molecule has 15 heteroatoms. The van der Waals surface area contributed by atoms with Gasteiger partial charge in [0.25, 0.3) is 0 Å². The normalized spacial score (nSPS) is 17.7. The molecule has 2 saturated heterocycles. The summed E-state index contributed by atoms with van der Waals surface area (Å²) >= 11 is 0. The summed E-state index contributed by atoms with van der Waals surface area (Å²) in [5.41, 5.74) is 1.48. The van der Waals surface area contributed by atoms with Crippen LogP contribution in [0.25, 0.3) is 0 Å². The van der Waals surface area contributed by atoms with E-state index in [2.05, 4.69) is 30.6 Å². The second-order valence-corrected chi connectivity index (χ2v) is 15.5. The molecule has 2 fully saturated rings. The molecule has 2 aromatic rings. The van der Waals surface area contributed by atoms with Gasteiger partial charge in [0.2, 0.25) is 0 Å². The van der Waals surface area contributed by atoms with Crippen molar-refractivity contribution in [2.75, 3.05) is 68.8 Å². The highest BCUT2D eigenvalue weighted by Gasteiger charge is 2.38. The van der Waals surface area contributed by atoms with Gasteiger partial charge in [0, 0.05) is 69.2 Å². The number of alkyl halides is 3. The topological polar surface area (TPSA) is 110 Å². The Labute approximate surface area is 272 Å². The molecule has 0 radical (unpaired) electrons. The maximum atomic E-state index is 15.3. The monoisotopic (exact) mass is 683 g/mol. The Morgan fingerprint density at radius 2 is 1.47 bits per heavy atom. The quantitative estimate of drug-likeness (QED) is 0.317. The number of nitrogens with zero attached hydrogens (tertiary/aromatic N) is 4. The van der Waals surface area contributed by atoms with Crippen molar-refractivity contribution in [2.45, 2.75) is 40.0 Å². The van der Waals surface area contributed by atoms with Gasteiger partial charge in [-0.25, -0.2) is 17.6 Å². The lowest BCUT2D eigenvalue weighted by Crippen LogP contribution is -2.49. The Balaban J connectivity index is 1.48. The number of Topliss-reactive ketones (excluding diaryl/α,β-unsaturated/α-hetero) is 1. The lowest BCUT2D eigenvalue weighted by Gasteiger charge is -2.38. The summed E-state index contributed by atoms with van der Waals surface area (Å²) < 4.78 is 76.6. The van der Waals surface area contributed by atoms with Crippen molar-refractivity contribution in [3.8, 4) is 0 Å². The minimum Gasteiger partial charge on any atom is -0.341 e. The van der Waals surface area contributed by atoms with Crippen LogP contribution >= 0.6 is 0 Å². The third kappa shape index (κ3) is 10.5. The van der Waals surface area contributed by atoms with Crippen molar-refractivity contribution in [1.29, 1.82) is 0 Å². The number of amides is 3. The Morgan fingerprint density at radius 3 is 2.02 bits per heavy atom. The number of hydrogen-bond acceptors (Lipinski definition) is 7. The van der Waals surface area contributed by atoms with Crippen LogP contribution in [0, 0.1) is 11.2 Å². The molecular weight excluding hydrogens is 642 g/mol. The molecule has 2 aliphatic rings. The number of carbonyl (C=O) groups is 3. The molecule has 0 bridgehead atoms. The Bertz CT molecular complexity index is 1540. The van der Waals surface area contributed by atoms with Gasteiger partial charge in [0.15, 0.2) is 15.6 Å². The molecule has 2 aliphatic heterocycles. The lowest BCUT2D eigenvalue weighted by molar-refractivity contribution is -0.173. The number of ketones is 1. The van der Waals surface area contributed by atoms with E-state index in [4.69, 9.17) is 0 Å². The van der Waals surface area contributed by atoms with Crippen molar-refractivity contribution < 1.29 is 40.4 Å². The number of nitrogens with one attached hydrogen (secondary N) is 1. The molecule has 0 spiro atoms. The van der Waals surface area contributed by atoms with E-state index in [9.17, 15) is 36.0 Å². The van der Waals surface area contributed by atoms with Gasteiger partial charge in [0.1, 0.15) is 5.82 Å². The molecule has 10 nitrogen and oxygen atoms in total. The van der Waals surface area contributed by atoms with Gasteiger partial charge in [0.05, 0.1) is 24.6 Å². The van der Waals surface area contributed by atoms with Crippen LogP contribution in [0.15, 0.2) is 42.5 Å². The largest absolute Gasteiger partial charge is 0.471 e. The first kappa shape index (κ1) is 36.3. The SMILES string of the molecule is CC(C)(C)CN1CCN(Cc2ccc(N(Cc3ccc(C(=O)CNC(=O)C(F)(F)F)cc3F)C(=O)N3CCS(=O)(=O)CC3)cc2)CC1. The first-order valence-electron chi connectivity index (χ1n) is 15.4. The van der Waals surface area contributed by atoms with E-state index in [1.165, 1.54) is 27.2 Å². The number of rotatable bonds is 9. The van der Waals surface area contributed by atoms with E-state index in [-0.39, 0.29) is 47.7 Å². The summed E-state index contributed by atoms with van der Waals surface area (Å²) in [4.78, 5) is 44.6. The molecule has 4 rings (SSSR count). The highest BCUT2D eigenvalue weighted by atomic mass is 32.2. The first-order chi connectivity index (χ1) is 21.9. The van der Waals surface area contributed by atoms with E-state index >= 15 is 4.39 Å². The van der Waals surface area contributed by atoms with Crippen molar-refractivity contribution in [3.05, 3.63) is 65.0 Å². The molecule has 0 aliphatic carbocycles. The summed E-state index contributed by atoms with van der Waals surface area (Å²) in [5, 5.41) is 1.46. The second-order valence-electron chi connectivity index (χ2n) is 13.2. The van der Waals surface area contributed by atoms with Gasteiger partial charge in [-0.3, -0.25) is 19.4 Å². The predicted octanol–water partition coefficient (Wildman–Crippen LogP) is 3.71. The summed E-state index contributed by atoms with van der Waals surface area (Å²) in [7, 11) is -3.27. The van der Waals surface area contributed by atoms with E-state index in [0.717, 1.165) is 50.9 Å². The van der Waals surface area contributed by atoms with E-state index in [1.807, 2.05) is 12.1 Å². The standard InChI is InChI=1S/C32H41F4N5O5S/c1-31(2,3)22-39-12-10-38(11-13-39)20-23-4-8-26(9-5-23)41(30(44)40-14-16-47(45,46)17-15-40)21-25-7-6-24(18-27(25)33)28(42)19-37-29(43)32(34,35)36/h4-9,18H,10-17,19-22H2,1-3H3,(H,37,43). The van der Waals surface area contributed by atoms with Crippen LogP contribution in [0.4, 0.5) is 28.0 Å². The minimum absolute atomic E-state index is 0.0174. The van der Waals surface area contributed by atoms with Gasteiger partial charge in [-0.2, -0.15) is 13.2 Å². The molecule has 0 saturated carbocycles. The number of halogens is 4. The molecule has 0 atom stereocenters. The van der Waals surface area contributed by atoms with E-state index < -0.39 is 46.1 Å². The van der Waals surface area contributed by atoms with Crippen LogP contribution in [0.3, 0.4) is 0 Å². The molecular formula is C32H41F4N5O5S. The highest BCUT2D eigenvalue weighted by molar-refractivity contribution is 7.91. The molecule has 1 N–H and O–H groups in total. The Morgan fingerprint density at radius 1 is 0.872 bits per heavy atom. The number of carbonyl (C=O) groups excluding carboxylic acids is 3. The number of urea groups is 1. The molecule has 0 unspecified atom stereocenters. The Hall–Kier alpha value is -3.56. The fourth-order valence-corrected chi connectivity index (χ4v) is 6.74. The molecule has 47 heavy (non-hydrogen) atoms. The van der Waals surface area contributed by atoms with E-state index in [0.29, 0.717) is 5.69 Å². The van der Waals surface area contributed by atoms with Gasteiger partial charge >= 0.3 is 18.1 Å². The third-order valence-corrected chi connectivity index (χ3v) is 9.64. The number of benzene rings is 2. The van der Waals surface area contributed by atoms with Crippen molar-refractivity contribution in [3.63, 3.8) is 0 Å². The van der Waals surface area contributed by atoms with Crippen molar-refractivity contribution in [2.24, 2.45) is 5.41 Å². The predicted molar refractivity (Wildman–Crippen MR) is 169 cm³/mol. The second kappa shape index (κ2) is 14.7. The highest BCUT2D eigenvalue weighted by Crippen LogP contribution is 2.24. The number of sulfone groups is 1. The molecule has 2 aromatic carbocycles. The smallest absolute Gasteiger partial charge is 0.341 e. The van der Waals surface area contributed by atoms with Crippen LogP contribution in [0.2, 0.25) is 0 Å². The molecule has 3 amide bonds. The maximum absolute atomic E-state index is 15.3. The van der Waals surface area contributed by atoms with Crippen molar-refractivity contribution in [1.82, 2.24) is 20.0 Å². The fraction of sp³-hybridized carbons (Fsp3) is 0.531. The third-order valence-electron chi connectivity index (χ3n) is 8.03. The van der Waals surface area contributed by atoms with Crippen LogP contribution in [0.1, 0.15) is 42.3 Å². The van der Waals surface area contributed by atoms with Crippen LogP contribution in [-0.2, 0) is 27.7 Å². The summed E-state index contributed by atoms with van der Waals surface area (Å²) in [6.07, 6.45) is -5.16. The summed E-state index contributed by atoms with van der Waals surface area (Å²) in [6, 6.07) is 10.1. The summed E-state index contributed by atoms with van der Waals surface area (Å²) in [6.45, 7) is 10.9. The Kier molecular flexibility index (Phi) is 11.3. The zero-order valence-corrected chi connectivity index (χ0v) is 27.6. The average Bonchev–Trinajstić information content (AvgIpc) is 2.99. The first-order valence-corrected chi connectivity index (χ1v) is 17.2. The van der Waals surface area contributed by atoms with Gasteiger partial charge in [-0.05, 0) is 29.2 Å². The van der Waals surface area contributed by atoms with Crippen LogP contribution < -0.4 is 10.2 Å². The molecule has 2 heterocycles. The maximum Gasteiger partial charge on any atom is 0.471 e. The van der Waals surface area contributed by atoms with Gasteiger partial charge in [-0.15, -0.1) is 0 Å². The fourth-order valence-electron chi connectivity index (χ4n) is 5.54. The zero-order valence-electron chi connectivity index (χ0n) is 26.8. The molecule has 258 valence electrons. The number of hydrogen-bond donors (Lipinski definition) is 1. The number of anilines is 1. The van der Waals surface area contributed by atoms with E-state index in [1.54, 1.807) is 12.1 Å². The molecule has 0 aromatic heterocycles. The zero-order chi connectivity index (χ0) is 34.6. The van der Waals surface area contributed by atoms with Gasteiger partial charge < -0.3 is 15.1 Å². The number of piperazine rings is 1. The minimum atomic E-state index is -5.16. The van der Waals surface area contributed by atoms with Gasteiger partial charge in [-0.1, -0.05) is 45.0 Å². The summed E-state index contributed by atoms with van der Waals surface area (Å²) in [5.74, 6) is -4.47. The average molecular weight is 684 g/mol.